The molecule has 2 atom stereocenters. The van der Waals surface area contributed by atoms with Crippen molar-refractivity contribution in [1.29, 1.82) is 0 Å². The zero-order valence-corrected chi connectivity index (χ0v) is 8.81. The van der Waals surface area contributed by atoms with Gasteiger partial charge in [0.05, 0.1) is 5.51 Å². The molecule has 3 heteroatoms. The van der Waals surface area contributed by atoms with Crippen LogP contribution in [0.2, 0.25) is 0 Å². The molecule has 13 heavy (non-hydrogen) atoms. The second-order valence-corrected chi connectivity index (χ2v) is 4.92. The van der Waals surface area contributed by atoms with Crippen LogP contribution in [0.3, 0.4) is 0 Å². The van der Waals surface area contributed by atoms with Crippen LogP contribution in [0.15, 0.2) is 11.7 Å². The molecule has 72 valence electrons. The Hall–Kier alpha value is -0.410. The van der Waals surface area contributed by atoms with Crippen LogP contribution >= 0.6 is 11.3 Å². The first-order valence-corrected chi connectivity index (χ1v) is 5.83. The summed E-state index contributed by atoms with van der Waals surface area (Å²) >= 11 is 1.77. The van der Waals surface area contributed by atoms with Crippen LogP contribution in [-0.2, 0) is 6.42 Å². The smallest absolute Gasteiger partial charge is 0.0794 e. The minimum atomic E-state index is 0.684. The summed E-state index contributed by atoms with van der Waals surface area (Å²) in [7, 11) is 0. The molecule has 0 amide bonds. The second-order valence-electron chi connectivity index (χ2n) is 3.95. The van der Waals surface area contributed by atoms with Gasteiger partial charge in [0.2, 0.25) is 0 Å². The van der Waals surface area contributed by atoms with Gasteiger partial charge in [-0.3, -0.25) is 4.98 Å². The Morgan fingerprint density at radius 3 is 3.31 bits per heavy atom. The molecule has 1 aromatic heterocycles. The lowest BCUT2D eigenvalue weighted by Crippen LogP contribution is -2.38. The Labute approximate surface area is 83.4 Å². The van der Waals surface area contributed by atoms with Gasteiger partial charge >= 0.3 is 0 Å². The maximum absolute atomic E-state index is 4.10. The topological polar surface area (TPSA) is 24.9 Å². The first-order chi connectivity index (χ1) is 6.34. The van der Waals surface area contributed by atoms with Crippen LogP contribution in [0, 0.1) is 5.92 Å². The number of rotatable bonds is 2. The van der Waals surface area contributed by atoms with Crippen molar-refractivity contribution in [2.45, 2.75) is 32.2 Å². The standard InChI is InChI=1S/C10H16N2S/c1-8-2-3-12-9(4-8)5-10-6-11-7-13-10/h6-9,12H,2-5H2,1H3. The molecule has 1 aliphatic rings. The van der Waals surface area contributed by atoms with E-state index in [-0.39, 0.29) is 0 Å². The fourth-order valence-electron chi connectivity index (χ4n) is 1.96. The predicted molar refractivity (Wildman–Crippen MR) is 56.0 cm³/mol. The van der Waals surface area contributed by atoms with E-state index in [0.717, 1.165) is 12.3 Å². The van der Waals surface area contributed by atoms with Gasteiger partial charge in [0.15, 0.2) is 0 Å². The van der Waals surface area contributed by atoms with E-state index in [1.165, 1.54) is 24.3 Å². The zero-order valence-electron chi connectivity index (χ0n) is 7.99. The molecule has 0 bridgehead atoms. The number of nitrogens with one attached hydrogen (secondary N) is 1. The SMILES string of the molecule is CC1CCNC(Cc2cncs2)C1. The zero-order chi connectivity index (χ0) is 9.10. The number of aromatic nitrogens is 1. The van der Waals surface area contributed by atoms with Gasteiger partial charge in [0.1, 0.15) is 0 Å². The Morgan fingerprint density at radius 2 is 2.62 bits per heavy atom. The predicted octanol–water partition coefficient (Wildman–Crippen LogP) is 2.07. The van der Waals surface area contributed by atoms with E-state index < -0.39 is 0 Å². The first kappa shape index (κ1) is 9.16. The second kappa shape index (κ2) is 4.20. The molecule has 0 radical (unpaired) electrons. The molecule has 2 heterocycles. The average Bonchev–Trinajstić information content (AvgIpc) is 2.57. The molecule has 0 aliphatic carbocycles. The van der Waals surface area contributed by atoms with E-state index in [9.17, 15) is 0 Å². The molecule has 1 fully saturated rings. The lowest BCUT2D eigenvalue weighted by Gasteiger charge is -2.27. The van der Waals surface area contributed by atoms with Gasteiger partial charge in [-0.2, -0.15) is 0 Å². The highest BCUT2D eigenvalue weighted by molar-refractivity contribution is 7.09. The van der Waals surface area contributed by atoms with Crippen LogP contribution in [-0.4, -0.2) is 17.6 Å². The highest BCUT2D eigenvalue weighted by Gasteiger charge is 2.18. The highest BCUT2D eigenvalue weighted by atomic mass is 32.1. The summed E-state index contributed by atoms with van der Waals surface area (Å²) in [5.41, 5.74) is 1.92. The molecule has 2 rings (SSSR count). The number of thiazole rings is 1. The van der Waals surface area contributed by atoms with Crippen molar-refractivity contribution in [2.24, 2.45) is 5.92 Å². The van der Waals surface area contributed by atoms with E-state index in [0.29, 0.717) is 6.04 Å². The van der Waals surface area contributed by atoms with E-state index >= 15 is 0 Å². The summed E-state index contributed by atoms with van der Waals surface area (Å²) in [5, 5.41) is 3.57. The van der Waals surface area contributed by atoms with Crippen molar-refractivity contribution in [1.82, 2.24) is 10.3 Å². The Bertz CT molecular complexity index is 245. The quantitative estimate of drug-likeness (QED) is 0.783. The van der Waals surface area contributed by atoms with Crippen LogP contribution in [0.25, 0.3) is 0 Å². The molecular weight excluding hydrogens is 180 g/mol. The maximum Gasteiger partial charge on any atom is 0.0794 e. The number of hydrogen-bond acceptors (Lipinski definition) is 3. The molecule has 1 N–H and O–H groups in total. The van der Waals surface area contributed by atoms with Gasteiger partial charge in [0.25, 0.3) is 0 Å². The van der Waals surface area contributed by atoms with Crippen LogP contribution in [0.5, 0.6) is 0 Å². The van der Waals surface area contributed by atoms with Crippen LogP contribution in [0.1, 0.15) is 24.6 Å². The number of nitrogens with zero attached hydrogens (tertiary/aromatic N) is 1. The molecule has 0 spiro atoms. The average molecular weight is 196 g/mol. The summed E-state index contributed by atoms with van der Waals surface area (Å²) in [5.74, 6) is 0.888. The third-order valence-electron chi connectivity index (χ3n) is 2.69. The summed E-state index contributed by atoms with van der Waals surface area (Å²) in [6.07, 6.45) is 5.80. The van der Waals surface area contributed by atoms with Gasteiger partial charge in [-0.15, -0.1) is 11.3 Å². The lowest BCUT2D eigenvalue weighted by atomic mass is 9.92. The van der Waals surface area contributed by atoms with Gasteiger partial charge in [-0.1, -0.05) is 6.92 Å². The monoisotopic (exact) mass is 196 g/mol. The van der Waals surface area contributed by atoms with Gasteiger partial charge < -0.3 is 5.32 Å². The number of hydrogen-bond donors (Lipinski definition) is 1. The van der Waals surface area contributed by atoms with Gasteiger partial charge in [-0.25, -0.2) is 0 Å². The minimum Gasteiger partial charge on any atom is -0.314 e. The van der Waals surface area contributed by atoms with E-state index in [2.05, 4.69) is 17.2 Å². The Balaban J connectivity index is 1.87. The summed E-state index contributed by atoms with van der Waals surface area (Å²) in [4.78, 5) is 5.51. The van der Waals surface area contributed by atoms with Crippen molar-refractivity contribution in [2.75, 3.05) is 6.54 Å². The summed E-state index contributed by atoms with van der Waals surface area (Å²) in [6.45, 7) is 3.53. The van der Waals surface area contributed by atoms with E-state index in [1.807, 2.05) is 11.7 Å². The molecule has 2 nitrogen and oxygen atoms in total. The third-order valence-corrected chi connectivity index (χ3v) is 3.49. The summed E-state index contributed by atoms with van der Waals surface area (Å²) in [6, 6.07) is 0.684. The van der Waals surface area contributed by atoms with Crippen molar-refractivity contribution in [3.05, 3.63) is 16.6 Å². The fourth-order valence-corrected chi connectivity index (χ4v) is 2.64. The first-order valence-electron chi connectivity index (χ1n) is 4.95. The van der Waals surface area contributed by atoms with E-state index in [1.54, 1.807) is 11.3 Å². The largest absolute Gasteiger partial charge is 0.314 e. The van der Waals surface area contributed by atoms with Gasteiger partial charge in [0, 0.05) is 17.1 Å². The Morgan fingerprint density at radius 1 is 1.69 bits per heavy atom. The molecule has 1 aromatic rings. The molecule has 1 aliphatic heterocycles. The molecule has 0 saturated carbocycles. The minimum absolute atomic E-state index is 0.684. The van der Waals surface area contributed by atoms with Crippen molar-refractivity contribution in [3.63, 3.8) is 0 Å². The molecular formula is C10H16N2S. The summed E-state index contributed by atoms with van der Waals surface area (Å²) < 4.78 is 0. The molecule has 1 saturated heterocycles. The van der Waals surface area contributed by atoms with Crippen LogP contribution < -0.4 is 5.32 Å². The van der Waals surface area contributed by atoms with Crippen LogP contribution in [0.4, 0.5) is 0 Å². The highest BCUT2D eigenvalue weighted by Crippen LogP contribution is 2.19. The Kier molecular flexibility index (Phi) is 2.96. The van der Waals surface area contributed by atoms with E-state index in [4.69, 9.17) is 0 Å². The molecule has 0 aromatic carbocycles. The number of piperidine rings is 1. The lowest BCUT2D eigenvalue weighted by molar-refractivity contribution is 0.319. The van der Waals surface area contributed by atoms with Gasteiger partial charge in [-0.05, 0) is 31.7 Å². The maximum atomic E-state index is 4.10. The van der Waals surface area contributed by atoms with Crippen molar-refractivity contribution < 1.29 is 0 Å². The van der Waals surface area contributed by atoms with Crippen molar-refractivity contribution in [3.8, 4) is 0 Å². The third kappa shape index (κ3) is 2.51. The van der Waals surface area contributed by atoms with Crippen molar-refractivity contribution >= 4 is 11.3 Å². The fraction of sp³-hybridized carbons (Fsp3) is 0.700. The normalized spacial score (nSPS) is 29.0. The molecule has 2 unspecified atom stereocenters.